The first-order valence-electron chi connectivity index (χ1n) is 5.56. The number of rotatable bonds is 5. The van der Waals surface area contributed by atoms with Crippen LogP contribution >= 0.6 is 22.6 Å². The van der Waals surface area contributed by atoms with E-state index in [-0.39, 0.29) is 18.5 Å². The predicted octanol–water partition coefficient (Wildman–Crippen LogP) is 2.67. The van der Waals surface area contributed by atoms with Crippen LogP contribution in [-0.4, -0.2) is 23.1 Å². The van der Waals surface area contributed by atoms with E-state index in [4.69, 9.17) is 5.11 Å². The standard InChI is InChI=1S/C12H15IN2O3/c1-2-9(7-11(16)17)14-12(18)15-10-5-3-8(13)4-6-10/h3-6,9H,2,7H2,1H3,(H,16,17)(H2,14,15,18). The van der Waals surface area contributed by atoms with Crippen molar-refractivity contribution in [2.75, 3.05) is 5.32 Å². The molecule has 0 spiro atoms. The van der Waals surface area contributed by atoms with Crippen molar-refractivity contribution in [3.05, 3.63) is 27.8 Å². The van der Waals surface area contributed by atoms with Gasteiger partial charge < -0.3 is 15.7 Å². The van der Waals surface area contributed by atoms with Crippen molar-refractivity contribution in [3.8, 4) is 0 Å². The molecule has 18 heavy (non-hydrogen) atoms. The Morgan fingerprint density at radius 3 is 2.44 bits per heavy atom. The maximum atomic E-state index is 11.6. The Labute approximate surface area is 119 Å². The molecule has 5 nitrogen and oxygen atoms in total. The Morgan fingerprint density at radius 2 is 1.94 bits per heavy atom. The summed E-state index contributed by atoms with van der Waals surface area (Å²) in [6, 6.07) is 6.60. The third-order valence-corrected chi connectivity index (χ3v) is 3.07. The number of benzene rings is 1. The molecule has 0 fully saturated rings. The Kier molecular flexibility index (Phi) is 5.90. The molecule has 0 saturated heterocycles. The lowest BCUT2D eigenvalue weighted by molar-refractivity contribution is -0.137. The number of halogens is 1. The summed E-state index contributed by atoms with van der Waals surface area (Å²) in [5, 5.41) is 14.0. The first-order valence-corrected chi connectivity index (χ1v) is 6.64. The van der Waals surface area contributed by atoms with Crippen molar-refractivity contribution in [2.24, 2.45) is 0 Å². The van der Waals surface area contributed by atoms with Gasteiger partial charge in [0, 0.05) is 15.3 Å². The van der Waals surface area contributed by atoms with Gasteiger partial charge in [-0.05, 0) is 53.3 Å². The highest BCUT2D eigenvalue weighted by Crippen LogP contribution is 2.11. The molecular weight excluding hydrogens is 347 g/mol. The first kappa shape index (κ1) is 14.7. The predicted molar refractivity (Wildman–Crippen MR) is 77.6 cm³/mol. The molecule has 1 aromatic rings. The Bertz CT molecular complexity index is 420. The lowest BCUT2D eigenvalue weighted by Crippen LogP contribution is -2.38. The topological polar surface area (TPSA) is 78.4 Å². The molecule has 0 aliphatic heterocycles. The molecule has 1 rings (SSSR count). The van der Waals surface area contributed by atoms with Crippen LogP contribution in [0.5, 0.6) is 0 Å². The van der Waals surface area contributed by atoms with E-state index in [1.807, 2.05) is 19.1 Å². The number of amides is 2. The SMILES string of the molecule is CCC(CC(=O)O)NC(=O)Nc1ccc(I)cc1. The molecule has 98 valence electrons. The van der Waals surface area contributed by atoms with Gasteiger partial charge in [-0.25, -0.2) is 4.79 Å². The fourth-order valence-electron chi connectivity index (χ4n) is 1.39. The van der Waals surface area contributed by atoms with Crippen LogP contribution in [0.4, 0.5) is 10.5 Å². The van der Waals surface area contributed by atoms with Gasteiger partial charge in [-0.2, -0.15) is 0 Å². The molecule has 0 aliphatic rings. The molecule has 1 unspecified atom stereocenters. The quantitative estimate of drug-likeness (QED) is 0.705. The van der Waals surface area contributed by atoms with Gasteiger partial charge in [0.2, 0.25) is 0 Å². The van der Waals surface area contributed by atoms with E-state index in [2.05, 4.69) is 33.2 Å². The van der Waals surface area contributed by atoms with E-state index >= 15 is 0 Å². The fraction of sp³-hybridized carbons (Fsp3) is 0.333. The Hall–Kier alpha value is -1.31. The molecule has 3 N–H and O–H groups in total. The van der Waals surface area contributed by atoms with Crippen molar-refractivity contribution in [2.45, 2.75) is 25.8 Å². The number of carbonyl (C=O) groups excluding carboxylic acids is 1. The number of anilines is 1. The van der Waals surface area contributed by atoms with Crippen LogP contribution in [0.3, 0.4) is 0 Å². The van der Waals surface area contributed by atoms with Crippen molar-refractivity contribution in [1.29, 1.82) is 0 Å². The summed E-state index contributed by atoms with van der Waals surface area (Å²) in [6.45, 7) is 1.83. The molecule has 0 aromatic heterocycles. The zero-order valence-corrected chi connectivity index (χ0v) is 12.1. The molecule has 0 aliphatic carbocycles. The summed E-state index contributed by atoms with van der Waals surface area (Å²) in [4.78, 5) is 22.2. The second kappa shape index (κ2) is 7.20. The molecule has 1 atom stereocenters. The molecular formula is C12H15IN2O3. The smallest absolute Gasteiger partial charge is 0.319 e. The van der Waals surface area contributed by atoms with Crippen LogP contribution in [0.1, 0.15) is 19.8 Å². The number of hydrogen-bond acceptors (Lipinski definition) is 2. The van der Waals surface area contributed by atoms with E-state index in [0.717, 1.165) is 3.57 Å². The maximum absolute atomic E-state index is 11.6. The average Bonchev–Trinajstić information content (AvgIpc) is 2.30. The highest BCUT2D eigenvalue weighted by atomic mass is 127. The van der Waals surface area contributed by atoms with Crippen molar-refractivity contribution in [1.82, 2.24) is 5.32 Å². The van der Waals surface area contributed by atoms with E-state index in [1.54, 1.807) is 12.1 Å². The maximum Gasteiger partial charge on any atom is 0.319 e. The zero-order valence-electron chi connectivity index (χ0n) is 9.94. The second-order valence-electron chi connectivity index (χ2n) is 3.81. The number of carboxylic acid groups (broad SMARTS) is 1. The molecule has 0 radical (unpaired) electrons. The number of urea groups is 1. The third-order valence-electron chi connectivity index (χ3n) is 2.35. The Balaban J connectivity index is 2.49. The molecule has 2 amide bonds. The molecule has 0 heterocycles. The van der Waals surface area contributed by atoms with Crippen LogP contribution in [0.2, 0.25) is 0 Å². The van der Waals surface area contributed by atoms with E-state index in [1.165, 1.54) is 0 Å². The van der Waals surface area contributed by atoms with Crippen LogP contribution in [0.25, 0.3) is 0 Å². The van der Waals surface area contributed by atoms with Gasteiger partial charge in [0.05, 0.1) is 6.42 Å². The summed E-state index contributed by atoms with van der Waals surface area (Å²) < 4.78 is 1.08. The molecule has 0 bridgehead atoms. The van der Waals surface area contributed by atoms with Crippen molar-refractivity contribution >= 4 is 40.3 Å². The molecule has 1 aromatic carbocycles. The van der Waals surface area contributed by atoms with Gasteiger partial charge in [0.1, 0.15) is 0 Å². The lowest BCUT2D eigenvalue weighted by Gasteiger charge is -2.15. The van der Waals surface area contributed by atoms with Gasteiger partial charge in [-0.15, -0.1) is 0 Å². The van der Waals surface area contributed by atoms with E-state index in [0.29, 0.717) is 12.1 Å². The summed E-state index contributed by atoms with van der Waals surface area (Å²) in [5.74, 6) is -0.920. The summed E-state index contributed by atoms with van der Waals surface area (Å²) in [7, 11) is 0. The van der Waals surface area contributed by atoms with Gasteiger partial charge in [-0.3, -0.25) is 4.79 Å². The zero-order chi connectivity index (χ0) is 13.5. The van der Waals surface area contributed by atoms with E-state index in [9.17, 15) is 9.59 Å². The monoisotopic (exact) mass is 362 g/mol. The highest BCUT2D eigenvalue weighted by molar-refractivity contribution is 14.1. The lowest BCUT2D eigenvalue weighted by atomic mass is 10.1. The number of carboxylic acids is 1. The van der Waals surface area contributed by atoms with Crippen molar-refractivity contribution < 1.29 is 14.7 Å². The van der Waals surface area contributed by atoms with Gasteiger partial charge in [0.25, 0.3) is 0 Å². The largest absolute Gasteiger partial charge is 0.481 e. The third kappa shape index (κ3) is 5.35. The number of hydrogen-bond donors (Lipinski definition) is 3. The number of carbonyl (C=O) groups is 2. The van der Waals surface area contributed by atoms with Gasteiger partial charge in [-0.1, -0.05) is 6.92 Å². The summed E-state index contributed by atoms with van der Waals surface area (Å²) in [5.41, 5.74) is 0.679. The molecule has 6 heteroatoms. The number of nitrogens with one attached hydrogen (secondary N) is 2. The van der Waals surface area contributed by atoms with Crippen LogP contribution in [-0.2, 0) is 4.79 Å². The van der Waals surface area contributed by atoms with E-state index < -0.39 is 5.97 Å². The number of aliphatic carboxylic acids is 1. The fourth-order valence-corrected chi connectivity index (χ4v) is 1.75. The first-order chi connectivity index (χ1) is 8.51. The summed E-state index contributed by atoms with van der Waals surface area (Å²) >= 11 is 2.18. The molecule has 0 saturated carbocycles. The van der Waals surface area contributed by atoms with Crippen LogP contribution in [0, 0.1) is 3.57 Å². The van der Waals surface area contributed by atoms with Gasteiger partial charge in [0.15, 0.2) is 0 Å². The highest BCUT2D eigenvalue weighted by Gasteiger charge is 2.13. The minimum Gasteiger partial charge on any atom is -0.481 e. The van der Waals surface area contributed by atoms with Crippen LogP contribution in [0.15, 0.2) is 24.3 Å². The average molecular weight is 362 g/mol. The minimum atomic E-state index is -0.920. The summed E-state index contributed by atoms with van der Waals surface area (Å²) in [6.07, 6.45) is 0.503. The Morgan fingerprint density at radius 1 is 1.33 bits per heavy atom. The van der Waals surface area contributed by atoms with Crippen LogP contribution < -0.4 is 10.6 Å². The minimum absolute atomic E-state index is 0.0728. The van der Waals surface area contributed by atoms with Gasteiger partial charge >= 0.3 is 12.0 Å². The normalized spacial score (nSPS) is 11.7. The van der Waals surface area contributed by atoms with Crippen molar-refractivity contribution in [3.63, 3.8) is 0 Å². The second-order valence-corrected chi connectivity index (χ2v) is 5.05.